The first-order chi connectivity index (χ1) is 15.9. The molecule has 0 aliphatic carbocycles. The van der Waals surface area contributed by atoms with Crippen LogP contribution in [0.3, 0.4) is 0 Å². The van der Waals surface area contributed by atoms with Crippen LogP contribution in [0.15, 0.2) is 84.9 Å². The Morgan fingerprint density at radius 2 is 1.48 bits per heavy atom. The summed E-state index contributed by atoms with van der Waals surface area (Å²) in [5.74, 6) is -2.86. The number of carbonyl (C=O) groups excluding carboxylic acids is 1. The Kier molecular flexibility index (Phi) is 8.55. The lowest BCUT2D eigenvalue weighted by Crippen LogP contribution is -2.29. The van der Waals surface area contributed by atoms with E-state index in [9.17, 15) is 13.6 Å². The third-order valence-electron chi connectivity index (χ3n) is 5.28. The molecule has 0 saturated carbocycles. The molecular weight excluding hydrogens is 424 g/mol. The highest BCUT2D eigenvalue weighted by Gasteiger charge is 2.33. The van der Waals surface area contributed by atoms with E-state index >= 15 is 0 Å². The maximum atomic E-state index is 14.8. The van der Waals surface area contributed by atoms with Gasteiger partial charge in [0.05, 0.1) is 13.2 Å². The third kappa shape index (κ3) is 6.86. The number of nitrogens with zero attached hydrogens (tertiary/aromatic N) is 1. The molecule has 1 atom stereocenters. The summed E-state index contributed by atoms with van der Waals surface area (Å²) in [6, 6.07) is 23.4. The number of hydrogen-bond acceptors (Lipinski definition) is 4. The van der Waals surface area contributed by atoms with E-state index in [4.69, 9.17) is 9.47 Å². The molecular formula is C27H29F2NO3. The molecule has 0 aliphatic rings. The van der Waals surface area contributed by atoms with Gasteiger partial charge in [-0.25, -0.2) is 0 Å². The number of esters is 1. The van der Waals surface area contributed by atoms with Crippen molar-refractivity contribution in [3.05, 3.63) is 102 Å². The largest absolute Gasteiger partial charge is 0.486 e. The molecule has 0 spiro atoms. The highest BCUT2D eigenvalue weighted by molar-refractivity contribution is 5.71. The smallest absolute Gasteiger partial charge is 0.320 e. The van der Waals surface area contributed by atoms with Gasteiger partial charge in [-0.1, -0.05) is 60.7 Å². The summed E-state index contributed by atoms with van der Waals surface area (Å²) in [6.45, 7) is 2.92. The normalized spacial score (nSPS) is 12.4. The molecule has 0 fully saturated rings. The van der Waals surface area contributed by atoms with Gasteiger partial charge in [-0.3, -0.25) is 9.69 Å². The zero-order valence-corrected chi connectivity index (χ0v) is 18.9. The highest BCUT2D eigenvalue weighted by atomic mass is 19.3. The number of likely N-dealkylation sites (N-methyl/N-ethyl adjacent to an activating group) is 1. The fourth-order valence-electron chi connectivity index (χ4n) is 3.53. The van der Waals surface area contributed by atoms with Crippen molar-refractivity contribution in [1.82, 2.24) is 4.90 Å². The van der Waals surface area contributed by atoms with Gasteiger partial charge in [0, 0.05) is 24.1 Å². The van der Waals surface area contributed by atoms with Crippen LogP contribution in [0.1, 0.15) is 36.1 Å². The van der Waals surface area contributed by atoms with Gasteiger partial charge >= 0.3 is 5.97 Å². The molecule has 174 valence electrons. The number of ether oxygens (including phenoxy) is 2. The Labute approximate surface area is 193 Å². The summed E-state index contributed by atoms with van der Waals surface area (Å²) in [5, 5.41) is 0. The van der Waals surface area contributed by atoms with Gasteiger partial charge < -0.3 is 9.47 Å². The molecule has 3 rings (SSSR count). The Morgan fingerprint density at radius 3 is 2.09 bits per heavy atom. The minimum absolute atomic E-state index is 0.0505. The lowest BCUT2D eigenvalue weighted by molar-refractivity contribution is -0.144. The number of halogens is 2. The van der Waals surface area contributed by atoms with Gasteiger partial charge in [0.2, 0.25) is 0 Å². The molecule has 0 bridgehead atoms. The van der Waals surface area contributed by atoms with Crippen molar-refractivity contribution in [3.63, 3.8) is 0 Å². The Balaban J connectivity index is 1.70. The van der Waals surface area contributed by atoms with E-state index in [0.29, 0.717) is 25.3 Å². The topological polar surface area (TPSA) is 38.8 Å². The van der Waals surface area contributed by atoms with Crippen molar-refractivity contribution in [2.24, 2.45) is 0 Å². The molecule has 0 N–H and O–H groups in total. The maximum Gasteiger partial charge on any atom is 0.320 e. The maximum absolute atomic E-state index is 14.8. The summed E-state index contributed by atoms with van der Waals surface area (Å²) in [7, 11) is 1.85. The minimum atomic E-state index is -3.09. The van der Waals surface area contributed by atoms with Gasteiger partial charge in [-0.2, -0.15) is 8.78 Å². The lowest BCUT2D eigenvalue weighted by Gasteiger charge is -2.23. The molecule has 0 aliphatic heterocycles. The van der Waals surface area contributed by atoms with Crippen LogP contribution in [-0.4, -0.2) is 37.6 Å². The molecule has 3 aromatic rings. The van der Waals surface area contributed by atoms with Crippen LogP contribution in [-0.2, 0) is 15.5 Å². The molecule has 0 radical (unpaired) electrons. The predicted molar refractivity (Wildman–Crippen MR) is 124 cm³/mol. The van der Waals surface area contributed by atoms with Crippen LogP contribution >= 0.6 is 0 Å². The molecule has 4 nitrogen and oxygen atoms in total. The molecule has 0 heterocycles. The van der Waals surface area contributed by atoms with Crippen molar-refractivity contribution in [2.45, 2.75) is 25.4 Å². The van der Waals surface area contributed by atoms with E-state index in [-0.39, 0.29) is 29.7 Å². The number of carbonyl (C=O) groups is 1. The van der Waals surface area contributed by atoms with Crippen LogP contribution in [0.4, 0.5) is 8.78 Å². The first-order valence-corrected chi connectivity index (χ1v) is 11.0. The first-order valence-electron chi connectivity index (χ1n) is 11.0. The SMILES string of the molecule is CCOC(=O)CN(C)CCC(Oc1ccc(C(F)(F)c2ccccc2)cc1)c1ccccc1. The van der Waals surface area contributed by atoms with Crippen molar-refractivity contribution in [1.29, 1.82) is 0 Å². The summed E-state index contributed by atoms with van der Waals surface area (Å²) in [5.41, 5.74) is 0.831. The van der Waals surface area contributed by atoms with Crippen molar-refractivity contribution < 1.29 is 23.0 Å². The number of benzene rings is 3. The summed E-state index contributed by atoms with van der Waals surface area (Å²) in [4.78, 5) is 13.6. The highest BCUT2D eigenvalue weighted by Crippen LogP contribution is 2.36. The Morgan fingerprint density at radius 1 is 0.909 bits per heavy atom. The van der Waals surface area contributed by atoms with Crippen molar-refractivity contribution in [3.8, 4) is 5.75 Å². The lowest BCUT2D eigenvalue weighted by atomic mass is 10.0. The van der Waals surface area contributed by atoms with Crippen LogP contribution in [0.25, 0.3) is 0 Å². The quantitative estimate of drug-likeness (QED) is 0.342. The van der Waals surface area contributed by atoms with Gasteiger partial charge in [0.25, 0.3) is 5.92 Å². The molecule has 6 heteroatoms. The summed E-state index contributed by atoms with van der Waals surface area (Å²) < 4.78 is 40.9. The molecule has 0 aromatic heterocycles. The molecule has 1 unspecified atom stereocenters. The van der Waals surface area contributed by atoms with E-state index in [1.807, 2.05) is 42.3 Å². The average Bonchev–Trinajstić information content (AvgIpc) is 2.83. The van der Waals surface area contributed by atoms with Crippen molar-refractivity contribution in [2.75, 3.05) is 26.7 Å². The van der Waals surface area contributed by atoms with Crippen LogP contribution in [0.5, 0.6) is 5.75 Å². The molecule has 3 aromatic carbocycles. The minimum Gasteiger partial charge on any atom is -0.486 e. The van der Waals surface area contributed by atoms with Crippen LogP contribution in [0, 0.1) is 0 Å². The van der Waals surface area contributed by atoms with Crippen LogP contribution < -0.4 is 4.74 Å². The van der Waals surface area contributed by atoms with Gasteiger partial charge in [-0.05, 0) is 43.8 Å². The van der Waals surface area contributed by atoms with E-state index in [1.54, 1.807) is 37.3 Å². The van der Waals surface area contributed by atoms with E-state index in [0.717, 1.165) is 5.56 Å². The Bertz CT molecular complexity index is 995. The zero-order valence-electron chi connectivity index (χ0n) is 18.9. The molecule has 0 amide bonds. The Hall–Kier alpha value is -3.25. The zero-order chi connectivity index (χ0) is 23.7. The fraction of sp³-hybridized carbons (Fsp3) is 0.296. The second-order valence-corrected chi connectivity index (χ2v) is 7.81. The average molecular weight is 454 g/mol. The standard InChI is InChI=1S/C27H29F2NO3/c1-3-32-26(31)20-30(2)19-18-25(21-10-6-4-7-11-21)33-24-16-14-23(15-17-24)27(28,29)22-12-8-5-9-13-22/h4-17,25H,3,18-20H2,1-2H3. The van der Waals surface area contributed by atoms with E-state index < -0.39 is 5.92 Å². The number of hydrogen-bond donors (Lipinski definition) is 0. The fourth-order valence-corrected chi connectivity index (χ4v) is 3.53. The first kappa shape index (κ1) is 24.4. The monoisotopic (exact) mass is 453 g/mol. The summed E-state index contributed by atoms with van der Waals surface area (Å²) >= 11 is 0. The molecule has 0 saturated heterocycles. The van der Waals surface area contributed by atoms with Crippen LogP contribution in [0.2, 0.25) is 0 Å². The van der Waals surface area contributed by atoms with Gasteiger partial charge in [-0.15, -0.1) is 0 Å². The third-order valence-corrected chi connectivity index (χ3v) is 5.28. The van der Waals surface area contributed by atoms with E-state index in [2.05, 4.69) is 0 Å². The summed E-state index contributed by atoms with van der Waals surface area (Å²) in [6.07, 6.45) is 0.318. The van der Waals surface area contributed by atoms with Gasteiger partial charge in [0.1, 0.15) is 11.9 Å². The predicted octanol–water partition coefficient (Wildman–Crippen LogP) is 5.83. The second-order valence-electron chi connectivity index (χ2n) is 7.81. The van der Waals surface area contributed by atoms with E-state index in [1.165, 1.54) is 24.3 Å². The van der Waals surface area contributed by atoms with Crippen molar-refractivity contribution >= 4 is 5.97 Å². The second kappa shape index (κ2) is 11.6. The molecule has 33 heavy (non-hydrogen) atoms. The number of alkyl halides is 2. The van der Waals surface area contributed by atoms with Gasteiger partial charge in [0.15, 0.2) is 0 Å². The number of rotatable bonds is 11.